The van der Waals surface area contributed by atoms with Gasteiger partial charge in [0.1, 0.15) is 0 Å². The Labute approximate surface area is 129 Å². The SMILES string of the molecule is COC(=O)Nc1cccc(NC(=O)N2C[C@H](C)O[C@@H](C)C2)c1. The molecule has 3 amide bonds. The molecule has 0 bridgehead atoms. The predicted octanol–water partition coefficient (Wildman–Crippen LogP) is 2.51. The van der Waals surface area contributed by atoms with Crippen LogP contribution < -0.4 is 10.6 Å². The first-order chi connectivity index (χ1) is 10.5. The third kappa shape index (κ3) is 4.36. The lowest BCUT2D eigenvalue weighted by Gasteiger charge is -2.35. The number of rotatable bonds is 2. The van der Waals surface area contributed by atoms with Crippen LogP contribution in [0.3, 0.4) is 0 Å². The molecule has 1 fully saturated rings. The van der Waals surface area contributed by atoms with E-state index in [1.165, 1.54) is 7.11 Å². The van der Waals surface area contributed by atoms with Gasteiger partial charge in [-0.05, 0) is 32.0 Å². The molecule has 2 rings (SSSR count). The first-order valence-corrected chi connectivity index (χ1v) is 7.14. The third-order valence-corrected chi connectivity index (χ3v) is 3.25. The van der Waals surface area contributed by atoms with Gasteiger partial charge < -0.3 is 19.7 Å². The van der Waals surface area contributed by atoms with Crippen molar-refractivity contribution in [2.24, 2.45) is 0 Å². The van der Waals surface area contributed by atoms with E-state index in [1.54, 1.807) is 29.2 Å². The topological polar surface area (TPSA) is 79.9 Å². The standard InChI is InChI=1S/C15H21N3O4/c1-10-8-18(9-11(2)22-10)14(19)16-12-5-4-6-13(7-12)17-15(20)21-3/h4-7,10-11H,8-9H2,1-3H3,(H,16,19)(H,17,20)/t10-,11-/m0/s1. The average Bonchev–Trinajstić information content (AvgIpc) is 2.46. The maximum Gasteiger partial charge on any atom is 0.411 e. The third-order valence-electron chi connectivity index (χ3n) is 3.25. The van der Waals surface area contributed by atoms with Crippen molar-refractivity contribution in [1.29, 1.82) is 0 Å². The van der Waals surface area contributed by atoms with Crippen LogP contribution in [0.5, 0.6) is 0 Å². The summed E-state index contributed by atoms with van der Waals surface area (Å²) in [4.78, 5) is 25.2. The summed E-state index contributed by atoms with van der Waals surface area (Å²) in [6.07, 6.45) is -0.525. The Morgan fingerprint density at radius 2 is 1.77 bits per heavy atom. The van der Waals surface area contributed by atoms with E-state index < -0.39 is 6.09 Å². The number of morpholine rings is 1. The van der Waals surface area contributed by atoms with Crippen LogP contribution in [0, 0.1) is 0 Å². The highest BCUT2D eigenvalue weighted by Gasteiger charge is 2.25. The summed E-state index contributed by atoms with van der Waals surface area (Å²) in [6, 6.07) is 6.70. The highest BCUT2D eigenvalue weighted by molar-refractivity contribution is 5.91. The second-order valence-electron chi connectivity index (χ2n) is 5.29. The van der Waals surface area contributed by atoms with E-state index in [0.29, 0.717) is 24.5 Å². The summed E-state index contributed by atoms with van der Waals surface area (Å²) >= 11 is 0. The molecule has 0 spiro atoms. The number of benzene rings is 1. The van der Waals surface area contributed by atoms with Gasteiger partial charge >= 0.3 is 12.1 Å². The van der Waals surface area contributed by atoms with Gasteiger partial charge in [-0.15, -0.1) is 0 Å². The lowest BCUT2D eigenvalue weighted by Crippen LogP contribution is -2.49. The van der Waals surface area contributed by atoms with Crippen molar-refractivity contribution >= 4 is 23.5 Å². The zero-order chi connectivity index (χ0) is 16.1. The molecule has 2 N–H and O–H groups in total. The van der Waals surface area contributed by atoms with Crippen LogP contribution in [0.25, 0.3) is 0 Å². The number of methoxy groups -OCH3 is 1. The predicted molar refractivity (Wildman–Crippen MR) is 83.1 cm³/mol. The quantitative estimate of drug-likeness (QED) is 0.880. The van der Waals surface area contributed by atoms with Gasteiger partial charge in [0.25, 0.3) is 0 Å². The number of nitrogens with zero attached hydrogens (tertiary/aromatic N) is 1. The highest BCUT2D eigenvalue weighted by atomic mass is 16.5. The molecule has 1 aliphatic rings. The number of amides is 3. The molecule has 0 radical (unpaired) electrons. The first-order valence-electron chi connectivity index (χ1n) is 7.14. The summed E-state index contributed by atoms with van der Waals surface area (Å²) < 4.78 is 10.1. The van der Waals surface area contributed by atoms with Crippen LogP contribution in [0.1, 0.15) is 13.8 Å². The van der Waals surface area contributed by atoms with Gasteiger partial charge in [0.2, 0.25) is 0 Å². The van der Waals surface area contributed by atoms with Crippen LogP contribution in [-0.2, 0) is 9.47 Å². The van der Waals surface area contributed by atoms with E-state index in [-0.39, 0.29) is 18.2 Å². The smallest absolute Gasteiger partial charge is 0.411 e. The van der Waals surface area contributed by atoms with Crippen molar-refractivity contribution in [3.8, 4) is 0 Å². The van der Waals surface area contributed by atoms with Crippen LogP contribution >= 0.6 is 0 Å². The molecule has 1 heterocycles. The number of carbonyl (C=O) groups is 2. The number of anilines is 2. The van der Waals surface area contributed by atoms with E-state index >= 15 is 0 Å². The zero-order valence-electron chi connectivity index (χ0n) is 13.0. The van der Waals surface area contributed by atoms with Crippen molar-refractivity contribution in [3.63, 3.8) is 0 Å². The van der Waals surface area contributed by atoms with Crippen LogP contribution in [0.15, 0.2) is 24.3 Å². The fraction of sp³-hybridized carbons (Fsp3) is 0.467. The molecular weight excluding hydrogens is 286 g/mol. The van der Waals surface area contributed by atoms with Gasteiger partial charge in [0, 0.05) is 24.5 Å². The molecule has 1 aliphatic heterocycles. The monoisotopic (exact) mass is 307 g/mol. The maximum atomic E-state index is 12.3. The normalized spacial score (nSPS) is 21.1. The number of hydrogen-bond acceptors (Lipinski definition) is 4. The minimum absolute atomic E-state index is 0.0156. The zero-order valence-corrected chi connectivity index (χ0v) is 13.0. The molecule has 7 nitrogen and oxygen atoms in total. The fourth-order valence-corrected chi connectivity index (χ4v) is 2.39. The molecule has 0 aromatic heterocycles. The molecule has 0 aliphatic carbocycles. The number of nitrogens with one attached hydrogen (secondary N) is 2. The Morgan fingerprint density at radius 1 is 1.18 bits per heavy atom. The molecule has 22 heavy (non-hydrogen) atoms. The van der Waals surface area contributed by atoms with E-state index in [1.807, 2.05) is 13.8 Å². The van der Waals surface area contributed by atoms with Crippen molar-refractivity contribution in [1.82, 2.24) is 4.90 Å². The second-order valence-corrected chi connectivity index (χ2v) is 5.29. The van der Waals surface area contributed by atoms with E-state index in [2.05, 4.69) is 15.4 Å². The molecule has 1 aromatic carbocycles. The van der Waals surface area contributed by atoms with Crippen molar-refractivity contribution in [2.75, 3.05) is 30.8 Å². The number of hydrogen-bond donors (Lipinski definition) is 2. The lowest BCUT2D eigenvalue weighted by molar-refractivity contribution is -0.0530. The second kappa shape index (κ2) is 7.13. The molecule has 1 aromatic rings. The maximum absolute atomic E-state index is 12.3. The van der Waals surface area contributed by atoms with Gasteiger partial charge in [-0.1, -0.05) is 6.07 Å². The Bertz CT molecular complexity index is 539. The number of urea groups is 1. The van der Waals surface area contributed by atoms with Crippen molar-refractivity contribution in [2.45, 2.75) is 26.1 Å². The van der Waals surface area contributed by atoms with Crippen LogP contribution in [0.2, 0.25) is 0 Å². The minimum Gasteiger partial charge on any atom is -0.453 e. The van der Waals surface area contributed by atoms with E-state index in [4.69, 9.17) is 4.74 Å². The average molecular weight is 307 g/mol. The van der Waals surface area contributed by atoms with E-state index in [9.17, 15) is 9.59 Å². The highest BCUT2D eigenvalue weighted by Crippen LogP contribution is 2.17. The largest absolute Gasteiger partial charge is 0.453 e. The summed E-state index contributed by atoms with van der Waals surface area (Å²) in [5.74, 6) is 0. The fourth-order valence-electron chi connectivity index (χ4n) is 2.39. The summed E-state index contributed by atoms with van der Waals surface area (Å²) in [5.41, 5.74) is 1.15. The van der Waals surface area contributed by atoms with Gasteiger partial charge in [-0.3, -0.25) is 5.32 Å². The minimum atomic E-state index is -0.556. The molecule has 2 atom stereocenters. The number of carbonyl (C=O) groups excluding carboxylic acids is 2. The molecule has 1 saturated heterocycles. The van der Waals surface area contributed by atoms with Gasteiger partial charge in [0.05, 0.1) is 19.3 Å². The van der Waals surface area contributed by atoms with Gasteiger partial charge in [0.15, 0.2) is 0 Å². The molecule has 120 valence electrons. The molecular formula is C15H21N3O4. The molecule has 7 heteroatoms. The van der Waals surface area contributed by atoms with Gasteiger partial charge in [-0.25, -0.2) is 9.59 Å². The first kappa shape index (κ1) is 16.1. The van der Waals surface area contributed by atoms with Crippen molar-refractivity contribution in [3.05, 3.63) is 24.3 Å². The van der Waals surface area contributed by atoms with Crippen molar-refractivity contribution < 1.29 is 19.1 Å². The summed E-state index contributed by atoms with van der Waals surface area (Å²) in [5, 5.41) is 5.38. The Morgan fingerprint density at radius 3 is 2.36 bits per heavy atom. The number of ether oxygens (including phenoxy) is 2. The van der Waals surface area contributed by atoms with Crippen LogP contribution in [0.4, 0.5) is 21.0 Å². The van der Waals surface area contributed by atoms with E-state index in [0.717, 1.165) is 0 Å². The Balaban J connectivity index is 1.99. The molecule has 0 unspecified atom stereocenters. The molecule has 0 saturated carbocycles. The summed E-state index contributed by atoms with van der Waals surface area (Å²) in [6.45, 7) is 4.99. The summed E-state index contributed by atoms with van der Waals surface area (Å²) in [7, 11) is 1.29. The van der Waals surface area contributed by atoms with Crippen LogP contribution in [-0.4, -0.2) is 49.4 Å². The Hall–Kier alpha value is -2.28. The van der Waals surface area contributed by atoms with Gasteiger partial charge in [-0.2, -0.15) is 0 Å². The Kier molecular flexibility index (Phi) is 5.21. The lowest BCUT2D eigenvalue weighted by atomic mass is 10.2.